The summed E-state index contributed by atoms with van der Waals surface area (Å²) < 4.78 is 32.6. The Balaban J connectivity index is 1.66. The van der Waals surface area contributed by atoms with Crippen molar-refractivity contribution in [1.82, 2.24) is 31.5 Å². The van der Waals surface area contributed by atoms with Crippen LogP contribution in [0.3, 0.4) is 0 Å². The van der Waals surface area contributed by atoms with E-state index in [4.69, 9.17) is 35.3 Å². The molecular formula is C59H73ClN6O16. The molecule has 442 valence electrons. The van der Waals surface area contributed by atoms with Gasteiger partial charge in [-0.1, -0.05) is 48.0 Å². The number of fused-ring (bicyclic) bond motifs is 5. The summed E-state index contributed by atoms with van der Waals surface area (Å²) in [5, 5.41) is 24.1. The van der Waals surface area contributed by atoms with Crippen LogP contribution in [0.25, 0.3) is 22.3 Å². The highest BCUT2D eigenvalue weighted by Crippen LogP contribution is 2.41. The predicted octanol–water partition coefficient (Wildman–Crippen LogP) is 7.49. The molecule has 6 amide bonds. The molecule has 0 fully saturated rings. The summed E-state index contributed by atoms with van der Waals surface area (Å²) >= 11 is 6.11. The van der Waals surface area contributed by atoms with E-state index in [0.29, 0.717) is 17.0 Å². The van der Waals surface area contributed by atoms with Crippen LogP contribution < -0.4 is 36.1 Å². The third-order valence-corrected chi connectivity index (χ3v) is 12.3. The van der Waals surface area contributed by atoms with E-state index in [1.807, 2.05) is 12.1 Å². The summed E-state index contributed by atoms with van der Waals surface area (Å²) in [4.78, 5) is 125. The van der Waals surface area contributed by atoms with Crippen molar-refractivity contribution in [3.8, 4) is 33.8 Å². The number of rotatable bonds is 16. The Hall–Kier alpha value is -8.24. The number of likely N-dealkylation sites (N-methyl/N-ethyl adjacent to an activating group) is 1. The van der Waals surface area contributed by atoms with Gasteiger partial charge in [-0.3, -0.25) is 24.0 Å². The van der Waals surface area contributed by atoms with Gasteiger partial charge in [-0.25, -0.2) is 19.2 Å². The zero-order chi connectivity index (χ0) is 60.9. The second kappa shape index (κ2) is 28.0. The number of amides is 6. The van der Waals surface area contributed by atoms with Gasteiger partial charge < -0.3 is 65.0 Å². The summed E-state index contributed by atoms with van der Waals surface area (Å²) in [5.41, 5.74) is -0.622. The van der Waals surface area contributed by atoms with Gasteiger partial charge >= 0.3 is 24.4 Å². The molecule has 0 aliphatic carbocycles. The highest BCUT2D eigenvalue weighted by atomic mass is 35.5. The third-order valence-electron chi connectivity index (χ3n) is 12.1. The average Bonchev–Trinajstić information content (AvgIpc) is 3.58. The van der Waals surface area contributed by atoms with Crippen LogP contribution in [0.15, 0.2) is 84.9 Å². The number of ether oxygens (including phenoxy) is 6. The Morgan fingerprint density at radius 2 is 1.26 bits per heavy atom. The van der Waals surface area contributed by atoms with Gasteiger partial charge in [-0.15, -0.1) is 0 Å². The number of hydrogen-bond donors (Lipinski definition) is 6. The Morgan fingerprint density at radius 3 is 1.82 bits per heavy atom. The van der Waals surface area contributed by atoms with Crippen LogP contribution in [0.4, 0.5) is 14.4 Å². The first kappa shape index (κ1) is 64.6. The van der Waals surface area contributed by atoms with Gasteiger partial charge in [0.2, 0.25) is 23.6 Å². The van der Waals surface area contributed by atoms with Gasteiger partial charge in [0.25, 0.3) is 5.91 Å². The number of benzene rings is 4. The first-order valence-corrected chi connectivity index (χ1v) is 26.8. The maximum absolute atomic E-state index is 15.2. The highest BCUT2D eigenvalue weighted by molar-refractivity contribution is 6.30. The molecule has 1 aliphatic heterocycles. The molecule has 1 heterocycles. The topological polar surface area (TPSA) is 293 Å². The molecule has 5 atom stereocenters. The van der Waals surface area contributed by atoms with Crippen molar-refractivity contribution >= 4 is 65.5 Å². The second-order valence-electron chi connectivity index (χ2n) is 22.4. The van der Waals surface area contributed by atoms with Crippen LogP contribution >= 0.6 is 11.6 Å². The molecule has 0 radical (unpaired) electrons. The third kappa shape index (κ3) is 19.5. The zero-order valence-electron chi connectivity index (χ0n) is 48.1. The zero-order valence-corrected chi connectivity index (χ0v) is 48.9. The molecule has 4 bridgehead atoms. The molecule has 23 heteroatoms. The molecule has 22 nitrogen and oxygen atoms in total. The first-order valence-electron chi connectivity index (χ1n) is 26.4. The largest absolute Gasteiger partial charge is 0.514 e. The van der Waals surface area contributed by atoms with Crippen LogP contribution in [-0.4, -0.2) is 132 Å². The molecule has 1 unspecified atom stereocenters. The minimum atomic E-state index is -1.77. The number of carbonyl (C=O) groups is 9. The van der Waals surface area contributed by atoms with Crippen LogP contribution in [-0.2, 0) is 49.3 Å². The van der Waals surface area contributed by atoms with Crippen LogP contribution in [0.2, 0.25) is 5.02 Å². The fourth-order valence-electron chi connectivity index (χ4n) is 8.24. The molecule has 6 N–H and O–H groups in total. The molecule has 5 rings (SSSR count). The fourth-order valence-corrected chi connectivity index (χ4v) is 8.36. The van der Waals surface area contributed by atoms with Gasteiger partial charge in [0, 0.05) is 41.7 Å². The van der Waals surface area contributed by atoms with Crippen molar-refractivity contribution < 1.29 is 76.7 Å². The first-order chi connectivity index (χ1) is 38.3. The number of unbranched alkanes of at least 4 members (excludes halogenated alkanes) is 1. The number of nitrogens with one attached hydrogen (secondary N) is 5. The Labute approximate surface area is 481 Å². The molecule has 82 heavy (non-hydrogen) atoms. The summed E-state index contributed by atoms with van der Waals surface area (Å²) in [6.45, 7) is 15.7. The van der Waals surface area contributed by atoms with E-state index >= 15 is 9.59 Å². The van der Waals surface area contributed by atoms with Gasteiger partial charge in [0.05, 0.1) is 13.7 Å². The summed E-state index contributed by atoms with van der Waals surface area (Å²) in [6, 6.07) is 16.4. The molecule has 0 saturated heterocycles. The van der Waals surface area contributed by atoms with Crippen LogP contribution in [0, 0.1) is 0 Å². The van der Waals surface area contributed by atoms with Gasteiger partial charge in [0.1, 0.15) is 52.5 Å². The lowest BCUT2D eigenvalue weighted by Crippen LogP contribution is -2.56. The standard InChI is InChI=1S/C59H73ClN6O16/c1-33-48(68)65-43(50(70)62-32-44(67)53(73)77-12)30-34-16-26-45(78-55(75)81-58(5,6)7)40(29-34)41-31-38(23-27-46(41)79-56(76)82-59(8,9)10)47(51(71)63-33)66(11)52(72)42(15-13-14-28-61-54(74)80-57(2,3)4)64-49(69)37-19-17-35(18-20-37)36-21-24-39(60)25-22-36/h16-27,29,31,33,42-44,47,67H,13-15,28,30,32H2,1-12H3,(H,61,74)(H,62,70)(H,63,71)(H,64,69)(H,65,68)/t33-,42-,43-,44?,47-/m0/s1. The Morgan fingerprint density at radius 1 is 0.707 bits per heavy atom. The lowest BCUT2D eigenvalue weighted by atomic mass is 9.93. The summed E-state index contributed by atoms with van der Waals surface area (Å²) in [7, 11) is 2.36. The van der Waals surface area contributed by atoms with E-state index < -0.39 is 108 Å². The number of esters is 1. The lowest BCUT2D eigenvalue weighted by molar-refractivity contribution is -0.150. The number of hydrogen-bond acceptors (Lipinski definition) is 16. The second-order valence-corrected chi connectivity index (χ2v) is 22.8. The van der Waals surface area contributed by atoms with E-state index in [9.17, 15) is 38.7 Å². The summed E-state index contributed by atoms with van der Waals surface area (Å²) in [5.74, 6) is -5.49. The number of nitrogens with zero attached hydrogens (tertiary/aromatic N) is 1. The number of methoxy groups -OCH3 is 1. The SMILES string of the molecule is COC(=O)C(O)CNC(=O)[C@@H]1Cc2ccc(OC(=O)OC(C)(C)C)c(c2)-c2cc(ccc2OC(=O)OC(C)(C)C)[C@H](N(C)C(=O)[C@H](CCCCNC(=O)OC(C)(C)C)NC(=O)c2ccc(-c3ccc(Cl)cc3)cc2)C(=O)N[C@@H](C)C(=O)N1. The Bertz CT molecular complexity index is 2990. The number of alkyl carbamates (subject to hydrolysis) is 1. The minimum Gasteiger partial charge on any atom is -0.467 e. The maximum Gasteiger partial charge on any atom is 0.514 e. The summed E-state index contributed by atoms with van der Waals surface area (Å²) in [6.07, 6.45) is -4.41. The van der Waals surface area contributed by atoms with E-state index in [2.05, 4.69) is 31.3 Å². The van der Waals surface area contributed by atoms with Crippen molar-refractivity contribution in [2.24, 2.45) is 0 Å². The van der Waals surface area contributed by atoms with E-state index in [1.165, 1.54) is 50.4 Å². The molecular weight excluding hydrogens is 1080 g/mol. The monoisotopic (exact) mass is 1160 g/mol. The number of halogens is 1. The smallest absolute Gasteiger partial charge is 0.467 e. The molecule has 0 saturated carbocycles. The van der Waals surface area contributed by atoms with Gasteiger partial charge in [-0.2, -0.15) is 0 Å². The molecule has 4 aromatic rings. The fraction of sp³-hybridized carbons (Fsp3) is 0.441. The van der Waals surface area contributed by atoms with Crippen molar-refractivity contribution in [3.63, 3.8) is 0 Å². The Kier molecular flexibility index (Phi) is 22.0. The van der Waals surface area contributed by atoms with Crippen LogP contribution in [0.5, 0.6) is 11.5 Å². The van der Waals surface area contributed by atoms with Crippen molar-refractivity contribution in [2.45, 2.75) is 142 Å². The predicted molar refractivity (Wildman–Crippen MR) is 302 cm³/mol. The van der Waals surface area contributed by atoms with Crippen LogP contribution in [0.1, 0.15) is 116 Å². The maximum atomic E-state index is 15.2. The van der Waals surface area contributed by atoms with E-state index in [1.54, 1.807) is 98.7 Å². The van der Waals surface area contributed by atoms with E-state index in [-0.39, 0.29) is 59.6 Å². The lowest BCUT2D eigenvalue weighted by Gasteiger charge is -2.33. The quantitative estimate of drug-likeness (QED) is 0.0274. The van der Waals surface area contributed by atoms with Crippen molar-refractivity contribution in [2.75, 3.05) is 27.2 Å². The van der Waals surface area contributed by atoms with Gasteiger partial charge in [-0.05, 0) is 159 Å². The number of aliphatic hydroxyl groups is 1. The van der Waals surface area contributed by atoms with E-state index in [0.717, 1.165) is 23.1 Å². The normalized spacial score (nSPS) is 16.2. The number of carbonyl (C=O) groups excluding carboxylic acids is 9. The van der Waals surface area contributed by atoms with Crippen molar-refractivity contribution in [3.05, 3.63) is 107 Å². The average molecular weight is 1160 g/mol. The molecule has 4 aromatic carbocycles. The van der Waals surface area contributed by atoms with Gasteiger partial charge in [0.15, 0.2) is 6.10 Å². The van der Waals surface area contributed by atoms with Crippen molar-refractivity contribution in [1.29, 1.82) is 0 Å². The molecule has 1 aliphatic rings. The molecule has 0 spiro atoms. The highest BCUT2D eigenvalue weighted by Gasteiger charge is 2.37. The number of aliphatic hydroxyl groups excluding tert-OH is 1. The molecule has 0 aromatic heterocycles. The minimum absolute atomic E-state index is 0.00685.